The molecule has 6 rings (SSSR count). The lowest BCUT2D eigenvalue weighted by atomic mass is 10.1. The average Bonchev–Trinajstić information content (AvgIpc) is 3.61. The third-order valence-electron chi connectivity index (χ3n) is 6.82. The maximum atomic E-state index is 13.3. The van der Waals surface area contributed by atoms with E-state index in [9.17, 15) is 23.9 Å². The molecule has 21 nitrogen and oxygen atoms in total. The van der Waals surface area contributed by atoms with Crippen LogP contribution in [0.2, 0.25) is 0 Å². The Morgan fingerprint density at radius 2 is 1.84 bits per heavy atom. The van der Waals surface area contributed by atoms with E-state index < -0.39 is 82.0 Å². The molecular formula is C20H31N9O12P2S. The van der Waals surface area contributed by atoms with Crippen LogP contribution in [0.3, 0.4) is 0 Å². The Kier molecular flexibility index (Phi) is 10.2. The summed E-state index contributed by atoms with van der Waals surface area (Å²) in [7, 11) is -3.80. The van der Waals surface area contributed by atoms with Gasteiger partial charge in [-0.15, -0.1) is 0 Å². The van der Waals surface area contributed by atoms with Gasteiger partial charge in [0.15, 0.2) is 23.9 Å². The van der Waals surface area contributed by atoms with Crippen LogP contribution in [0.25, 0.3) is 11.2 Å². The first-order valence-electron chi connectivity index (χ1n) is 12.3. The zero-order valence-electron chi connectivity index (χ0n) is 23.5. The SMILES string of the molecule is CO[C@H]1[C@H]2OP([O-])(=S)OC[C@@H]3C[C@@H](OP(=O)([O-])OC[C@H]1O[C@H]2n1ccc(=O)[nH]c1=O)[C@H](n1cnc2c(N)ncnc21)O3.[NH4+].[NH4+]. The molecule has 9 atom stereocenters. The Hall–Kier alpha value is -2.53. The summed E-state index contributed by atoms with van der Waals surface area (Å²) in [4.78, 5) is 64.8. The van der Waals surface area contributed by atoms with Gasteiger partial charge in [0.25, 0.3) is 13.4 Å². The van der Waals surface area contributed by atoms with Crippen molar-refractivity contribution < 1.29 is 46.7 Å². The molecule has 3 aromatic rings. The number of nitrogens with one attached hydrogen (secondary N) is 1. The molecule has 4 bridgehead atoms. The minimum absolute atomic E-state index is 0. The van der Waals surface area contributed by atoms with Gasteiger partial charge < -0.3 is 60.1 Å². The van der Waals surface area contributed by atoms with Gasteiger partial charge in [-0.2, -0.15) is 0 Å². The topological polar surface area (TPSA) is 325 Å². The van der Waals surface area contributed by atoms with Crippen molar-refractivity contribution in [3.63, 3.8) is 0 Å². The number of nitrogens with two attached hydrogens (primary N) is 1. The normalized spacial score (nSPS) is 35.8. The Morgan fingerprint density at radius 3 is 2.57 bits per heavy atom. The van der Waals surface area contributed by atoms with Crippen LogP contribution in [0.4, 0.5) is 5.82 Å². The number of fused-ring (bicyclic) bond motifs is 5. The summed E-state index contributed by atoms with van der Waals surface area (Å²) in [5, 5.41) is 0. The molecule has 2 unspecified atom stereocenters. The number of hydrogen-bond acceptors (Lipinski definition) is 17. The number of phosphoric ester groups is 1. The second kappa shape index (κ2) is 13.1. The molecule has 6 heterocycles. The van der Waals surface area contributed by atoms with Crippen molar-refractivity contribution in [3.05, 3.63) is 45.8 Å². The Morgan fingerprint density at radius 1 is 1.07 bits per heavy atom. The van der Waals surface area contributed by atoms with Gasteiger partial charge in [-0.1, -0.05) is 11.8 Å². The Balaban J connectivity index is 0.00000221. The van der Waals surface area contributed by atoms with E-state index in [2.05, 4.69) is 19.9 Å². The Labute approximate surface area is 252 Å². The molecule has 0 aliphatic carbocycles. The van der Waals surface area contributed by atoms with Crippen LogP contribution in [0.1, 0.15) is 18.9 Å². The highest BCUT2D eigenvalue weighted by atomic mass is 32.5. The van der Waals surface area contributed by atoms with Crippen LogP contribution in [-0.2, 0) is 48.7 Å². The molecular weight excluding hydrogens is 652 g/mol. The molecule has 11 N–H and O–H groups in total. The number of imidazole rings is 1. The van der Waals surface area contributed by atoms with Crippen molar-refractivity contribution in [2.24, 2.45) is 0 Å². The lowest BCUT2D eigenvalue weighted by Crippen LogP contribution is -2.40. The number of H-pyrrole nitrogens is 1. The number of anilines is 1. The average molecular weight is 684 g/mol. The summed E-state index contributed by atoms with van der Waals surface area (Å²) in [5.41, 5.74) is 4.81. The van der Waals surface area contributed by atoms with Crippen molar-refractivity contribution in [2.45, 2.75) is 49.4 Å². The highest BCUT2D eigenvalue weighted by Crippen LogP contribution is 2.51. The standard InChI is InChI=1S/C20H25N7O12P2S.2H3N/c1-33-14-11-6-34-40(30,31)38-10-4-9(36-18(10)27-8-24-13-16(21)22-7-23-17(13)27)5-35-41(32,42)39-15(14)19(37-11)26-3-2-12(28)25-20(26)29;;/h2-3,7-11,14-15,18-19H,4-6H2,1H3,(H,30,31)(H,32,42)(H2,21,22,23)(H,25,28,29);2*1H3/t9-,10+,11+,14+,15+,18+,19+,41?;;/m0../s1. The zero-order chi connectivity index (χ0) is 29.8. The smallest absolute Gasteiger partial charge is 0.330 e. The second-order valence-electron chi connectivity index (χ2n) is 9.45. The van der Waals surface area contributed by atoms with Gasteiger partial charge in [-0.25, -0.2) is 19.7 Å². The molecule has 3 saturated heterocycles. The molecule has 24 heteroatoms. The molecule has 3 aliphatic heterocycles. The fourth-order valence-corrected chi connectivity index (χ4v) is 7.35. The number of nitrogens with zero attached hydrogens (tertiary/aromatic N) is 5. The number of quaternary nitrogens is 2. The van der Waals surface area contributed by atoms with Crippen LogP contribution < -0.4 is 39.1 Å². The first-order chi connectivity index (χ1) is 19.9. The number of phosphoric acid groups is 1. The number of aromatic nitrogens is 6. The van der Waals surface area contributed by atoms with E-state index in [0.29, 0.717) is 0 Å². The molecule has 3 aromatic heterocycles. The van der Waals surface area contributed by atoms with E-state index in [4.69, 9.17) is 49.8 Å². The molecule has 0 amide bonds. The third kappa shape index (κ3) is 6.69. The van der Waals surface area contributed by atoms with E-state index >= 15 is 0 Å². The number of methoxy groups -OCH3 is 1. The van der Waals surface area contributed by atoms with Crippen molar-refractivity contribution in [1.29, 1.82) is 0 Å². The van der Waals surface area contributed by atoms with Crippen molar-refractivity contribution in [2.75, 3.05) is 26.1 Å². The predicted molar refractivity (Wildman–Crippen MR) is 150 cm³/mol. The van der Waals surface area contributed by atoms with Gasteiger partial charge >= 0.3 is 5.69 Å². The summed E-state index contributed by atoms with van der Waals surface area (Å²) in [6.07, 6.45) is -4.65. The van der Waals surface area contributed by atoms with E-state index in [1.54, 1.807) is 0 Å². The van der Waals surface area contributed by atoms with Gasteiger partial charge in [0.1, 0.15) is 43.0 Å². The van der Waals surface area contributed by atoms with Crippen molar-refractivity contribution in [1.82, 2.24) is 41.4 Å². The highest BCUT2D eigenvalue weighted by Gasteiger charge is 2.49. The predicted octanol–water partition coefficient (Wildman–Crippen LogP) is -1.22. The van der Waals surface area contributed by atoms with Crippen LogP contribution in [0.5, 0.6) is 0 Å². The van der Waals surface area contributed by atoms with Crippen molar-refractivity contribution >= 4 is 43.3 Å². The van der Waals surface area contributed by atoms with Gasteiger partial charge in [-0.3, -0.25) is 23.5 Å². The minimum Gasteiger partial charge on any atom is -0.780 e. The van der Waals surface area contributed by atoms with E-state index in [1.807, 2.05) is 0 Å². The minimum atomic E-state index is -5.05. The lowest BCUT2D eigenvalue weighted by Gasteiger charge is -2.35. The van der Waals surface area contributed by atoms with Gasteiger partial charge in [-0.05, 0) is 0 Å². The van der Waals surface area contributed by atoms with Gasteiger partial charge in [0, 0.05) is 25.8 Å². The van der Waals surface area contributed by atoms with Gasteiger partial charge in [0.05, 0.1) is 25.6 Å². The largest absolute Gasteiger partial charge is 0.780 e. The summed E-state index contributed by atoms with van der Waals surface area (Å²) < 4.78 is 54.4. The number of nitrogen functional groups attached to an aromatic ring is 1. The summed E-state index contributed by atoms with van der Waals surface area (Å²) in [6, 6.07) is 1.05. The first-order valence-corrected chi connectivity index (χ1v) is 16.3. The summed E-state index contributed by atoms with van der Waals surface area (Å²) >= 11 is 5.14. The van der Waals surface area contributed by atoms with Gasteiger partial charge in [0.2, 0.25) is 0 Å². The molecule has 0 radical (unpaired) electrons. The lowest BCUT2D eigenvalue weighted by molar-refractivity contribution is -0.235. The monoisotopic (exact) mass is 683 g/mol. The maximum Gasteiger partial charge on any atom is 0.330 e. The van der Waals surface area contributed by atoms with Crippen LogP contribution in [-0.4, -0.2) is 79.9 Å². The van der Waals surface area contributed by atoms with Crippen LogP contribution >= 0.6 is 14.5 Å². The quantitative estimate of drug-likeness (QED) is 0.235. The maximum absolute atomic E-state index is 13.3. The Bertz CT molecular complexity index is 1710. The second-order valence-corrected chi connectivity index (χ2v) is 13.5. The fraction of sp³-hybridized carbons (Fsp3) is 0.550. The summed E-state index contributed by atoms with van der Waals surface area (Å²) in [6.45, 7) is -5.38. The third-order valence-corrected chi connectivity index (χ3v) is 9.36. The van der Waals surface area contributed by atoms with E-state index in [0.717, 1.165) is 16.8 Å². The fourth-order valence-electron chi connectivity index (χ4n) is 5.03. The van der Waals surface area contributed by atoms with Crippen LogP contribution in [0.15, 0.2) is 34.5 Å². The number of rotatable bonds is 3. The summed E-state index contributed by atoms with van der Waals surface area (Å²) in [5.74, 6) is 0.0969. The molecule has 3 aliphatic rings. The number of aromatic amines is 1. The van der Waals surface area contributed by atoms with E-state index in [1.165, 1.54) is 24.3 Å². The van der Waals surface area contributed by atoms with Crippen LogP contribution in [0, 0.1) is 0 Å². The molecule has 244 valence electrons. The molecule has 0 aromatic carbocycles. The molecule has 3 fully saturated rings. The molecule has 44 heavy (non-hydrogen) atoms. The number of hydrogen-bond donors (Lipinski definition) is 4. The highest BCUT2D eigenvalue weighted by molar-refractivity contribution is 8.06. The van der Waals surface area contributed by atoms with Crippen molar-refractivity contribution in [3.8, 4) is 0 Å². The number of ether oxygens (including phenoxy) is 3. The zero-order valence-corrected chi connectivity index (χ0v) is 26.1. The molecule has 0 saturated carbocycles. The molecule has 0 spiro atoms. The first kappa shape index (κ1) is 34.3. The van der Waals surface area contributed by atoms with E-state index in [-0.39, 0.29) is 35.7 Å².